The molecule has 1 fully saturated rings. The molecule has 2 aromatic rings. The van der Waals surface area contributed by atoms with E-state index in [4.69, 9.17) is 9.52 Å². The highest BCUT2D eigenvalue weighted by Gasteiger charge is 2.40. The van der Waals surface area contributed by atoms with Gasteiger partial charge in [0.05, 0.1) is 18.3 Å². The molecular formula is C18H17N3O4S. The molecule has 1 aliphatic heterocycles. The van der Waals surface area contributed by atoms with Crippen LogP contribution in [0.1, 0.15) is 23.5 Å². The number of anilines is 1. The number of thioether (sulfide) groups is 1. The summed E-state index contributed by atoms with van der Waals surface area (Å²) in [5.41, 5.74) is 1.68. The lowest BCUT2D eigenvalue weighted by Crippen LogP contribution is -2.32. The number of hydrogen-bond acceptors (Lipinski definition) is 6. The lowest BCUT2D eigenvalue weighted by Gasteiger charge is -2.15. The molecule has 3 rings (SSSR count). The van der Waals surface area contributed by atoms with Crippen LogP contribution < -0.4 is 4.90 Å². The van der Waals surface area contributed by atoms with E-state index in [1.165, 1.54) is 11.1 Å². The van der Waals surface area contributed by atoms with E-state index in [0.29, 0.717) is 16.6 Å². The van der Waals surface area contributed by atoms with Crippen molar-refractivity contribution < 1.29 is 19.1 Å². The Kier molecular flexibility index (Phi) is 5.22. The maximum atomic E-state index is 12.7. The fourth-order valence-corrected chi connectivity index (χ4v) is 3.50. The molecule has 0 radical (unpaired) electrons. The highest BCUT2D eigenvalue weighted by Crippen LogP contribution is 2.33. The summed E-state index contributed by atoms with van der Waals surface area (Å²) in [7, 11) is 0. The van der Waals surface area contributed by atoms with Gasteiger partial charge in [0.2, 0.25) is 5.91 Å². The second kappa shape index (κ2) is 7.57. The molecule has 1 aromatic heterocycles. The van der Waals surface area contributed by atoms with E-state index >= 15 is 0 Å². The summed E-state index contributed by atoms with van der Waals surface area (Å²) in [4.78, 5) is 25.1. The monoisotopic (exact) mass is 371 g/mol. The summed E-state index contributed by atoms with van der Waals surface area (Å²) >= 11 is 1.10. The number of amides is 1. The number of aryl methyl sites for hydroxylation is 2. The summed E-state index contributed by atoms with van der Waals surface area (Å²) in [5.74, 6) is -0.0444. The zero-order chi connectivity index (χ0) is 18.7. The number of furan rings is 1. The van der Waals surface area contributed by atoms with Gasteiger partial charge >= 0.3 is 5.97 Å². The Morgan fingerprint density at radius 3 is 2.62 bits per heavy atom. The van der Waals surface area contributed by atoms with Crippen molar-refractivity contribution in [1.82, 2.24) is 0 Å². The summed E-state index contributed by atoms with van der Waals surface area (Å²) in [6.07, 6.45) is 1.18. The van der Waals surface area contributed by atoms with Gasteiger partial charge in [0.1, 0.15) is 16.8 Å². The molecule has 26 heavy (non-hydrogen) atoms. The maximum absolute atomic E-state index is 12.7. The minimum atomic E-state index is -1.03. The molecule has 1 atom stereocenters. The highest BCUT2D eigenvalue weighted by molar-refractivity contribution is 8.16. The van der Waals surface area contributed by atoms with Crippen LogP contribution in [-0.4, -0.2) is 33.6 Å². The molecule has 7 nitrogen and oxygen atoms in total. The first-order valence-corrected chi connectivity index (χ1v) is 8.78. The smallest absolute Gasteiger partial charge is 0.305 e. The number of amidine groups is 1. The third-order valence-electron chi connectivity index (χ3n) is 3.68. The van der Waals surface area contributed by atoms with E-state index in [2.05, 4.69) is 10.2 Å². The first kappa shape index (κ1) is 17.9. The zero-order valence-electron chi connectivity index (χ0n) is 14.2. The van der Waals surface area contributed by atoms with Crippen LogP contribution in [0.5, 0.6) is 0 Å². The number of benzene rings is 1. The maximum Gasteiger partial charge on any atom is 0.305 e. The number of carbonyl (C=O) groups is 2. The van der Waals surface area contributed by atoms with Crippen molar-refractivity contribution in [3.8, 4) is 0 Å². The van der Waals surface area contributed by atoms with E-state index in [1.54, 1.807) is 18.2 Å². The van der Waals surface area contributed by atoms with Gasteiger partial charge in [-0.3, -0.25) is 14.5 Å². The largest absolute Gasteiger partial charge is 0.481 e. The molecule has 8 heteroatoms. The predicted molar refractivity (Wildman–Crippen MR) is 101 cm³/mol. The van der Waals surface area contributed by atoms with Crippen LogP contribution in [0.2, 0.25) is 0 Å². The quantitative estimate of drug-likeness (QED) is 0.643. The Labute approximate surface area is 154 Å². The SMILES string of the molecule is Cc1ccc(N2C(=O)[C@H](CC(=O)O)S/C2=N/N=C\c2ccc(C)o2)cc1. The van der Waals surface area contributed by atoms with Crippen LogP contribution in [0, 0.1) is 13.8 Å². The Morgan fingerprint density at radius 1 is 1.27 bits per heavy atom. The molecule has 134 valence electrons. The van der Waals surface area contributed by atoms with Crippen LogP contribution in [-0.2, 0) is 9.59 Å². The predicted octanol–water partition coefficient (Wildman–Crippen LogP) is 3.21. The summed E-state index contributed by atoms with van der Waals surface area (Å²) in [5, 5.41) is 16.7. The highest BCUT2D eigenvalue weighted by atomic mass is 32.2. The van der Waals surface area contributed by atoms with E-state index in [-0.39, 0.29) is 12.3 Å². The van der Waals surface area contributed by atoms with Crippen molar-refractivity contribution in [2.75, 3.05) is 4.90 Å². The second-order valence-corrected chi connectivity index (χ2v) is 6.96. The van der Waals surface area contributed by atoms with Gasteiger partial charge in [0.15, 0.2) is 5.17 Å². The molecule has 1 aliphatic rings. The van der Waals surface area contributed by atoms with Crippen LogP contribution in [0.4, 0.5) is 5.69 Å². The molecule has 0 spiro atoms. The van der Waals surface area contributed by atoms with Crippen molar-refractivity contribution >= 4 is 40.7 Å². The number of rotatable bonds is 5. The molecule has 2 heterocycles. The second-order valence-electron chi connectivity index (χ2n) is 5.79. The Hall–Kier alpha value is -2.87. The molecule has 0 aliphatic carbocycles. The van der Waals surface area contributed by atoms with Gasteiger partial charge in [-0.1, -0.05) is 29.5 Å². The van der Waals surface area contributed by atoms with Gasteiger partial charge in [-0.05, 0) is 38.1 Å². The normalized spacial score (nSPS) is 19.0. The van der Waals surface area contributed by atoms with Gasteiger partial charge in [0, 0.05) is 0 Å². The van der Waals surface area contributed by atoms with E-state index in [0.717, 1.165) is 23.1 Å². The van der Waals surface area contributed by atoms with Crippen molar-refractivity contribution in [3.63, 3.8) is 0 Å². The number of hydrogen-bond donors (Lipinski definition) is 1. The molecule has 0 bridgehead atoms. The summed E-state index contributed by atoms with van der Waals surface area (Å²) in [6, 6.07) is 10.9. The molecular weight excluding hydrogens is 354 g/mol. The molecule has 1 amide bonds. The molecule has 1 saturated heterocycles. The minimum absolute atomic E-state index is 0.272. The third kappa shape index (κ3) is 4.02. The standard InChI is InChI=1S/C18H17N3O4S/c1-11-3-6-13(7-4-11)21-17(24)15(9-16(22)23)26-18(21)20-19-10-14-8-5-12(2)25-14/h3-8,10,15H,9H2,1-2H3,(H,22,23)/b19-10-,20-18+/t15-/m0/s1. The van der Waals surface area contributed by atoms with Crippen molar-refractivity contribution in [3.05, 3.63) is 53.5 Å². The number of carboxylic acids is 1. The van der Waals surface area contributed by atoms with Crippen LogP contribution in [0.15, 0.2) is 51.0 Å². The zero-order valence-corrected chi connectivity index (χ0v) is 15.1. The fourth-order valence-electron chi connectivity index (χ4n) is 2.41. The average Bonchev–Trinajstić information content (AvgIpc) is 3.12. The Morgan fingerprint density at radius 2 is 2.00 bits per heavy atom. The molecule has 1 N–H and O–H groups in total. The van der Waals surface area contributed by atoms with E-state index in [9.17, 15) is 9.59 Å². The first-order chi connectivity index (χ1) is 12.4. The third-order valence-corrected chi connectivity index (χ3v) is 4.80. The van der Waals surface area contributed by atoms with Gasteiger partial charge < -0.3 is 9.52 Å². The van der Waals surface area contributed by atoms with E-state index in [1.807, 2.05) is 32.0 Å². The molecule has 1 aromatic carbocycles. The van der Waals surface area contributed by atoms with Gasteiger partial charge in [0.25, 0.3) is 0 Å². The lowest BCUT2D eigenvalue weighted by atomic mass is 10.2. The molecule has 0 unspecified atom stereocenters. The van der Waals surface area contributed by atoms with Crippen LogP contribution >= 0.6 is 11.8 Å². The summed E-state index contributed by atoms with van der Waals surface area (Å²) in [6.45, 7) is 3.77. The first-order valence-electron chi connectivity index (χ1n) is 7.90. The minimum Gasteiger partial charge on any atom is -0.481 e. The van der Waals surface area contributed by atoms with Gasteiger partial charge in [-0.2, -0.15) is 5.10 Å². The number of carboxylic acid groups (broad SMARTS) is 1. The fraction of sp³-hybridized carbons (Fsp3) is 0.222. The Balaban J connectivity index is 1.89. The van der Waals surface area contributed by atoms with E-state index < -0.39 is 11.2 Å². The summed E-state index contributed by atoms with van der Waals surface area (Å²) < 4.78 is 5.38. The van der Waals surface area contributed by atoms with Gasteiger partial charge in [-0.25, -0.2) is 0 Å². The Bertz CT molecular complexity index is 886. The van der Waals surface area contributed by atoms with Crippen LogP contribution in [0.3, 0.4) is 0 Å². The van der Waals surface area contributed by atoms with Crippen molar-refractivity contribution in [2.24, 2.45) is 10.2 Å². The van der Waals surface area contributed by atoms with Crippen molar-refractivity contribution in [2.45, 2.75) is 25.5 Å². The number of aliphatic carboxylic acids is 1. The number of carbonyl (C=O) groups excluding carboxylic acids is 1. The molecule has 0 saturated carbocycles. The lowest BCUT2D eigenvalue weighted by molar-refractivity contribution is -0.138. The van der Waals surface area contributed by atoms with Crippen molar-refractivity contribution in [1.29, 1.82) is 0 Å². The average molecular weight is 371 g/mol. The van der Waals surface area contributed by atoms with Gasteiger partial charge in [-0.15, -0.1) is 5.10 Å². The number of nitrogens with zero attached hydrogens (tertiary/aromatic N) is 3. The topological polar surface area (TPSA) is 95.5 Å². The van der Waals surface area contributed by atoms with Crippen LogP contribution in [0.25, 0.3) is 0 Å².